The van der Waals surface area contributed by atoms with Gasteiger partial charge in [0.05, 0.1) is 17.0 Å². The van der Waals surface area contributed by atoms with E-state index in [9.17, 15) is 18.0 Å². The lowest BCUT2D eigenvalue weighted by Gasteiger charge is -2.12. The largest absolute Gasteiger partial charge is 0.417 e. The zero-order valence-corrected chi connectivity index (χ0v) is 20.7. The number of anilines is 2. The third-order valence-corrected chi connectivity index (χ3v) is 6.97. The highest BCUT2D eigenvalue weighted by Gasteiger charge is 2.41. The normalized spacial score (nSPS) is 20.5. The number of hydrogen-bond acceptors (Lipinski definition) is 7. The molecule has 3 atom stereocenters. The van der Waals surface area contributed by atoms with Gasteiger partial charge in [-0.3, -0.25) is 9.78 Å². The van der Waals surface area contributed by atoms with Gasteiger partial charge >= 0.3 is 12.2 Å². The van der Waals surface area contributed by atoms with E-state index in [1.165, 1.54) is 0 Å². The van der Waals surface area contributed by atoms with Gasteiger partial charge in [0.25, 0.3) is 11.8 Å². The molecular formula is C28H23F3N6O2. The third kappa shape index (κ3) is 4.87. The molecule has 0 bridgehead atoms. The van der Waals surface area contributed by atoms with Gasteiger partial charge in [-0.1, -0.05) is 67.0 Å². The Bertz CT molecular complexity index is 1570. The number of fused-ring (bicyclic) bond motifs is 1. The first-order valence-electron chi connectivity index (χ1n) is 12.5. The Morgan fingerprint density at radius 1 is 1.08 bits per heavy atom. The van der Waals surface area contributed by atoms with Crippen LogP contribution in [-0.4, -0.2) is 33.0 Å². The zero-order valence-electron chi connectivity index (χ0n) is 20.7. The summed E-state index contributed by atoms with van der Waals surface area (Å²) in [4.78, 5) is 21.8. The molecule has 1 aliphatic carbocycles. The fraction of sp³-hybridized carbons (Fsp3) is 0.250. The second-order valence-electron chi connectivity index (χ2n) is 9.51. The van der Waals surface area contributed by atoms with Gasteiger partial charge in [0.1, 0.15) is 5.69 Å². The Balaban J connectivity index is 1.33. The second-order valence-corrected chi connectivity index (χ2v) is 9.51. The van der Waals surface area contributed by atoms with Crippen molar-refractivity contribution in [1.82, 2.24) is 15.2 Å². The molecule has 1 fully saturated rings. The van der Waals surface area contributed by atoms with Gasteiger partial charge in [-0.25, -0.2) is 4.99 Å². The molecule has 198 valence electrons. The molecule has 2 aliphatic rings. The minimum atomic E-state index is -4.52. The molecule has 39 heavy (non-hydrogen) atoms. The molecule has 0 radical (unpaired) electrons. The molecule has 1 aliphatic heterocycles. The van der Waals surface area contributed by atoms with Crippen LogP contribution in [0, 0.1) is 5.92 Å². The average molecular weight is 533 g/mol. The SMILES string of the molecule is CC[C@@H]1C[C@H]1c1cc(C(F)(F)F)cnc1-c1nnc(N[C@@H]2N=C(c3ccccc3)c3ccccc3NC2=O)o1. The molecule has 6 rings (SSSR count). The maximum absolute atomic E-state index is 13.4. The van der Waals surface area contributed by atoms with E-state index in [2.05, 4.69) is 30.8 Å². The van der Waals surface area contributed by atoms with Crippen molar-refractivity contribution in [2.45, 2.75) is 38.0 Å². The first-order valence-corrected chi connectivity index (χ1v) is 12.5. The van der Waals surface area contributed by atoms with Crippen molar-refractivity contribution in [3.8, 4) is 11.6 Å². The van der Waals surface area contributed by atoms with Crippen LogP contribution in [0.4, 0.5) is 24.9 Å². The van der Waals surface area contributed by atoms with Crippen molar-refractivity contribution in [3.05, 3.63) is 89.1 Å². The first-order chi connectivity index (χ1) is 18.8. The number of aromatic nitrogens is 3. The lowest BCUT2D eigenvalue weighted by Crippen LogP contribution is -2.32. The maximum Gasteiger partial charge on any atom is 0.417 e. The monoisotopic (exact) mass is 532 g/mol. The summed E-state index contributed by atoms with van der Waals surface area (Å²) in [6, 6.07) is 17.8. The fourth-order valence-corrected chi connectivity index (χ4v) is 4.85. The summed E-state index contributed by atoms with van der Waals surface area (Å²) in [5.41, 5.74) is 2.57. The number of carbonyl (C=O) groups is 1. The van der Waals surface area contributed by atoms with Crippen LogP contribution in [0.15, 0.2) is 76.3 Å². The molecule has 1 saturated carbocycles. The molecule has 2 aromatic heterocycles. The maximum atomic E-state index is 13.4. The van der Waals surface area contributed by atoms with Gasteiger partial charge in [-0.2, -0.15) is 13.2 Å². The van der Waals surface area contributed by atoms with Crippen molar-refractivity contribution in [2.75, 3.05) is 10.6 Å². The molecule has 2 aromatic carbocycles. The van der Waals surface area contributed by atoms with E-state index in [4.69, 9.17) is 4.42 Å². The van der Waals surface area contributed by atoms with Gasteiger partial charge in [-0.15, -0.1) is 5.10 Å². The smallest absolute Gasteiger partial charge is 0.402 e. The number of amides is 1. The van der Waals surface area contributed by atoms with Crippen LogP contribution < -0.4 is 10.6 Å². The number of carbonyl (C=O) groups excluding carboxylic acids is 1. The van der Waals surface area contributed by atoms with Crippen LogP contribution in [0.1, 0.15) is 47.9 Å². The Hall–Kier alpha value is -4.54. The Labute approximate surface area is 221 Å². The number of halogens is 3. The zero-order chi connectivity index (χ0) is 27.1. The molecule has 0 unspecified atom stereocenters. The van der Waals surface area contributed by atoms with Crippen molar-refractivity contribution in [3.63, 3.8) is 0 Å². The Morgan fingerprint density at radius 3 is 2.59 bits per heavy atom. The average Bonchev–Trinajstić information content (AvgIpc) is 3.61. The quantitative estimate of drug-likeness (QED) is 0.321. The van der Waals surface area contributed by atoms with Gasteiger partial charge in [0, 0.05) is 17.3 Å². The molecule has 4 aromatic rings. The topological polar surface area (TPSA) is 105 Å². The predicted molar refractivity (Wildman–Crippen MR) is 138 cm³/mol. The van der Waals surface area contributed by atoms with Gasteiger partial charge < -0.3 is 15.1 Å². The summed E-state index contributed by atoms with van der Waals surface area (Å²) >= 11 is 0. The van der Waals surface area contributed by atoms with Crippen LogP contribution in [0.2, 0.25) is 0 Å². The van der Waals surface area contributed by atoms with Crippen molar-refractivity contribution in [1.29, 1.82) is 0 Å². The minimum absolute atomic E-state index is 0.0347. The standard InChI is InChI=1S/C28H23F3N6O2/c1-2-15-12-19(15)20-13-17(28(29,30)31)14-32-23(20)26-36-37-27(39-26)35-24-25(38)33-21-11-7-6-10-18(21)22(34-24)16-8-4-3-5-9-16/h3-11,13-15,19,24H,2,12H2,1H3,(H,33,38)(H,35,37)/t15-,19-,24+/m1/s1. The van der Waals surface area contributed by atoms with Crippen molar-refractivity contribution >= 4 is 23.3 Å². The fourth-order valence-electron chi connectivity index (χ4n) is 4.85. The van der Waals surface area contributed by atoms with E-state index < -0.39 is 23.8 Å². The Kier molecular flexibility index (Phi) is 6.13. The number of nitrogens with one attached hydrogen (secondary N) is 2. The Morgan fingerprint density at radius 2 is 1.85 bits per heavy atom. The number of para-hydroxylation sites is 1. The van der Waals surface area contributed by atoms with E-state index in [0.717, 1.165) is 36.2 Å². The molecule has 0 saturated heterocycles. The van der Waals surface area contributed by atoms with Crippen LogP contribution >= 0.6 is 0 Å². The lowest BCUT2D eigenvalue weighted by atomic mass is 10.0. The number of aliphatic imine (C=N–C) groups is 1. The number of benzene rings is 2. The number of hydrogen-bond donors (Lipinski definition) is 2. The highest BCUT2D eigenvalue weighted by Crippen LogP contribution is 2.52. The van der Waals surface area contributed by atoms with Crippen molar-refractivity contribution in [2.24, 2.45) is 10.9 Å². The van der Waals surface area contributed by atoms with Gasteiger partial charge in [0.2, 0.25) is 6.17 Å². The summed E-state index contributed by atoms with van der Waals surface area (Å²) in [7, 11) is 0. The number of pyridine rings is 1. The molecule has 0 spiro atoms. The number of alkyl halides is 3. The second kappa shape index (κ2) is 9.64. The van der Waals surface area contributed by atoms with Crippen LogP contribution in [0.3, 0.4) is 0 Å². The highest BCUT2D eigenvalue weighted by atomic mass is 19.4. The van der Waals surface area contributed by atoms with E-state index >= 15 is 0 Å². The molecule has 8 nitrogen and oxygen atoms in total. The van der Waals surface area contributed by atoms with Gasteiger partial charge in [0.15, 0.2) is 0 Å². The predicted octanol–water partition coefficient (Wildman–Crippen LogP) is 5.89. The summed E-state index contributed by atoms with van der Waals surface area (Å²) in [6.07, 6.45) is -3.25. The van der Waals surface area contributed by atoms with E-state index in [1.54, 1.807) is 6.07 Å². The number of rotatable bonds is 6. The molecule has 3 heterocycles. The summed E-state index contributed by atoms with van der Waals surface area (Å²) < 4.78 is 46.0. The van der Waals surface area contributed by atoms with E-state index in [0.29, 0.717) is 17.0 Å². The van der Waals surface area contributed by atoms with Gasteiger partial charge in [-0.05, 0) is 36.0 Å². The number of nitrogens with zero attached hydrogens (tertiary/aromatic N) is 4. The van der Waals surface area contributed by atoms with E-state index in [-0.39, 0.29) is 29.4 Å². The first kappa shape index (κ1) is 24.8. The molecule has 1 amide bonds. The summed E-state index contributed by atoms with van der Waals surface area (Å²) in [6.45, 7) is 2.00. The summed E-state index contributed by atoms with van der Waals surface area (Å²) in [5, 5.41) is 13.8. The molecular weight excluding hydrogens is 509 g/mol. The minimum Gasteiger partial charge on any atom is -0.402 e. The van der Waals surface area contributed by atoms with Crippen LogP contribution in [0.25, 0.3) is 11.6 Å². The van der Waals surface area contributed by atoms with Crippen molar-refractivity contribution < 1.29 is 22.4 Å². The number of benzodiazepines with no additional fused rings is 1. The third-order valence-electron chi connectivity index (χ3n) is 6.97. The molecule has 11 heteroatoms. The lowest BCUT2D eigenvalue weighted by molar-refractivity contribution is -0.137. The highest BCUT2D eigenvalue weighted by molar-refractivity contribution is 6.19. The molecule has 2 N–H and O–H groups in total. The summed E-state index contributed by atoms with van der Waals surface area (Å²) in [5.74, 6) is -0.262. The van der Waals surface area contributed by atoms with Crippen LogP contribution in [-0.2, 0) is 11.0 Å². The van der Waals surface area contributed by atoms with Crippen LogP contribution in [0.5, 0.6) is 0 Å². The van der Waals surface area contributed by atoms with E-state index in [1.807, 2.05) is 55.5 Å².